The van der Waals surface area contributed by atoms with Crippen molar-refractivity contribution in [3.63, 3.8) is 0 Å². The molecule has 7 heteroatoms. The van der Waals surface area contributed by atoms with Gasteiger partial charge in [0, 0.05) is 0 Å². The van der Waals surface area contributed by atoms with Gasteiger partial charge in [-0.25, -0.2) is 0 Å². The molecule has 0 amide bonds. The first-order valence-corrected chi connectivity index (χ1v) is 20.7. The third-order valence-electron chi connectivity index (χ3n) is 8.66. The van der Waals surface area contributed by atoms with E-state index < -0.39 is 0 Å². The maximum atomic E-state index is 10.9. The minimum atomic E-state index is -0.147. The molecule has 4 nitrogen and oxygen atoms in total. The van der Waals surface area contributed by atoms with Gasteiger partial charge in [-0.05, 0) is 90.2 Å². The topological polar surface area (TPSA) is 68.7 Å². The Bertz CT molecular complexity index is 1650. The summed E-state index contributed by atoms with van der Waals surface area (Å²) in [6.07, 6.45) is 2.25. The molecule has 0 heterocycles. The molecule has 4 aromatic carbocycles. The van der Waals surface area contributed by atoms with Gasteiger partial charge in [0.05, 0.1) is 0 Å². The molecule has 0 unspecified atom stereocenters. The van der Waals surface area contributed by atoms with Crippen molar-refractivity contribution in [3.05, 3.63) is 106 Å². The van der Waals surface area contributed by atoms with Gasteiger partial charge in [-0.3, -0.25) is 0 Å². The smallest absolute Gasteiger partial charge is 0.654 e. The zero-order valence-electron chi connectivity index (χ0n) is 34.7. The molecule has 0 aliphatic rings. The number of benzene rings is 4. The van der Waals surface area contributed by atoms with Gasteiger partial charge in [-0.15, -0.1) is 34.9 Å². The molecule has 4 rings (SSSR count). The molecule has 2 N–H and O–H groups in total. The first-order valence-electron chi connectivity index (χ1n) is 18.7. The zero-order chi connectivity index (χ0) is 39.1. The molecule has 0 aromatic heterocycles. The van der Waals surface area contributed by atoms with E-state index in [1.807, 2.05) is 72.1 Å². The predicted molar refractivity (Wildman–Crippen MR) is 231 cm³/mol. The van der Waals surface area contributed by atoms with Crippen LogP contribution in [0.3, 0.4) is 0 Å². The van der Waals surface area contributed by atoms with Crippen LogP contribution in [0.2, 0.25) is 0 Å². The minimum Gasteiger partial charge on any atom is -0.654 e. The van der Waals surface area contributed by atoms with Gasteiger partial charge in [0.2, 0.25) is 0 Å². The molecule has 53 heavy (non-hydrogen) atoms. The first-order chi connectivity index (χ1) is 24.1. The van der Waals surface area contributed by atoms with Crippen LogP contribution in [0.5, 0.6) is 11.5 Å². The van der Waals surface area contributed by atoms with E-state index in [-0.39, 0.29) is 38.2 Å². The van der Waals surface area contributed by atoms with Crippen LogP contribution in [0.4, 0.5) is 22.7 Å². The molecule has 0 bridgehead atoms. The standard InChI is InChI=1S/2C23H32NOS.Ni/c2*1-8-13-26-20-12-10-9-11-18(20)24-19-15-16(22(2,3)4)14-17(21(19)25)23(5,6)7;/h2*9-12,14-15,25H,8,13H2,1-7H3;/q2*-1;+2. The van der Waals surface area contributed by atoms with Crippen molar-refractivity contribution in [2.75, 3.05) is 11.5 Å². The summed E-state index contributed by atoms with van der Waals surface area (Å²) in [5, 5.41) is 31.6. The van der Waals surface area contributed by atoms with Gasteiger partial charge < -0.3 is 20.8 Å². The number of nitrogens with zero attached hydrogens (tertiary/aromatic N) is 2. The quantitative estimate of drug-likeness (QED) is 0.124. The monoisotopic (exact) mass is 798 g/mol. The van der Waals surface area contributed by atoms with Gasteiger partial charge in [0.1, 0.15) is 11.5 Å². The van der Waals surface area contributed by atoms with Crippen LogP contribution in [-0.4, -0.2) is 21.7 Å². The fraction of sp³-hybridized carbons (Fsp3) is 0.478. The summed E-state index contributed by atoms with van der Waals surface area (Å²) in [5.41, 5.74) is 7.14. The van der Waals surface area contributed by atoms with Gasteiger partial charge >= 0.3 is 16.5 Å². The summed E-state index contributed by atoms with van der Waals surface area (Å²) >= 11 is 3.63. The molecule has 0 radical (unpaired) electrons. The number of hydrogen-bond donors (Lipinski definition) is 2. The second kappa shape index (κ2) is 19.2. The SMILES string of the molecule is CCCSc1ccccc1[N-]c1cc(C(C)(C)C)cc(C(C)(C)C)c1O.CCCSc1ccccc1[N-]c1cc(C(C)(C)C)cc(C(C)(C)C)c1O.[Ni+2]. The average molecular weight is 800 g/mol. The molecule has 0 saturated heterocycles. The molecular formula is C46H64N2NiO2S2. The normalized spacial score (nSPS) is 12.0. The van der Waals surface area contributed by atoms with Crippen LogP contribution in [0.15, 0.2) is 82.6 Å². The van der Waals surface area contributed by atoms with E-state index in [9.17, 15) is 10.2 Å². The second-order valence-electron chi connectivity index (χ2n) is 17.6. The Balaban J connectivity index is 0.000000360. The van der Waals surface area contributed by atoms with Crippen molar-refractivity contribution in [3.8, 4) is 11.5 Å². The molecule has 0 atom stereocenters. The van der Waals surface area contributed by atoms with Gasteiger partial charge in [-0.2, -0.15) is 0 Å². The Morgan fingerprint density at radius 1 is 0.472 bits per heavy atom. The fourth-order valence-corrected chi connectivity index (χ4v) is 7.17. The van der Waals surface area contributed by atoms with E-state index in [2.05, 4.69) is 121 Å². The van der Waals surface area contributed by atoms with E-state index in [0.717, 1.165) is 56.6 Å². The third kappa shape index (κ3) is 13.2. The van der Waals surface area contributed by atoms with Crippen LogP contribution in [0.1, 0.15) is 132 Å². The molecule has 0 aliphatic heterocycles. The van der Waals surface area contributed by atoms with E-state index in [0.29, 0.717) is 22.9 Å². The number of phenolic OH excluding ortho intramolecular Hbond substituents is 2. The Morgan fingerprint density at radius 2 is 0.792 bits per heavy atom. The van der Waals surface area contributed by atoms with Crippen LogP contribution < -0.4 is 0 Å². The summed E-state index contributed by atoms with van der Waals surface area (Å²) in [6, 6.07) is 24.7. The summed E-state index contributed by atoms with van der Waals surface area (Å²) < 4.78 is 0. The van der Waals surface area contributed by atoms with E-state index in [1.165, 1.54) is 11.1 Å². The Hall–Kier alpha value is -2.73. The van der Waals surface area contributed by atoms with Gasteiger partial charge in [0.25, 0.3) is 0 Å². The summed E-state index contributed by atoms with van der Waals surface area (Å²) in [5.74, 6) is 2.71. The molecular weight excluding hydrogens is 735 g/mol. The number of aromatic hydroxyl groups is 2. The summed E-state index contributed by atoms with van der Waals surface area (Å²) in [7, 11) is 0. The maximum Gasteiger partial charge on any atom is 2.00 e. The predicted octanol–water partition coefficient (Wildman–Crippen LogP) is 15.6. The fourth-order valence-electron chi connectivity index (χ4n) is 5.44. The van der Waals surface area contributed by atoms with Crippen LogP contribution in [0, 0.1) is 0 Å². The van der Waals surface area contributed by atoms with Gasteiger partial charge in [-0.1, -0.05) is 169 Å². The Kier molecular flexibility index (Phi) is 16.8. The minimum absolute atomic E-state index is 0. The molecule has 292 valence electrons. The van der Waals surface area contributed by atoms with Gasteiger partial charge in [0.15, 0.2) is 0 Å². The second-order valence-corrected chi connectivity index (χ2v) is 19.9. The van der Waals surface area contributed by atoms with Crippen molar-refractivity contribution in [2.24, 2.45) is 0 Å². The van der Waals surface area contributed by atoms with Crippen molar-refractivity contribution >= 4 is 46.3 Å². The zero-order valence-corrected chi connectivity index (χ0v) is 37.3. The van der Waals surface area contributed by atoms with Crippen LogP contribution >= 0.6 is 23.5 Å². The number of hydrogen-bond acceptors (Lipinski definition) is 4. The number of rotatable bonds is 10. The first kappa shape index (κ1) is 46.4. The third-order valence-corrected chi connectivity index (χ3v) is 11.2. The molecule has 0 aliphatic carbocycles. The largest absolute Gasteiger partial charge is 2.00 e. The van der Waals surface area contributed by atoms with E-state index in [4.69, 9.17) is 10.6 Å². The molecule has 0 fully saturated rings. The number of thioether (sulfide) groups is 2. The van der Waals surface area contributed by atoms with Crippen LogP contribution in [-0.2, 0) is 38.2 Å². The molecule has 0 saturated carbocycles. The number of phenols is 2. The van der Waals surface area contributed by atoms with Crippen molar-refractivity contribution < 1.29 is 26.7 Å². The number of para-hydroxylation sites is 2. The van der Waals surface area contributed by atoms with Crippen molar-refractivity contribution in [1.82, 2.24) is 0 Å². The summed E-state index contributed by atoms with van der Waals surface area (Å²) in [6.45, 7) is 30.3. The van der Waals surface area contributed by atoms with Crippen molar-refractivity contribution in [2.45, 2.75) is 141 Å². The molecule has 0 spiro atoms. The molecule has 4 aromatic rings. The maximum absolute atomic E-state index is 10.9. The van der Waals surface area contributed by atoms with Crippen molar-refractivity contribution in [1.29, 1.82) is 0 Å². The van der Waals surface area contributed by atoms with E-state index >= 15 is 0 Å². The van der Waals surface area contributed by atoms with Crippen LogP contribution in [0.25, 0.3) is 10.6 Å². The summed E-state index contributed by atoms with van der Waals surface area (Å²) in [4.78, 5) is 2.32. The Morgan fingerprint density at radius 3 is 1.08 bits per heavy atom. The Labute approximate surface area is 341 Å². The van der Waals surface area contributed by atoms with E-state index in [1.54, 1.807) is 0 Å². The average Bonchev–Trinajstić information content (AvgIpc) is 3.04.